The molecule has 0 fully saturated rings. The van der Waals surface area contributed by atoms with Gasteiger partial charge in [-0.25, -0.2) is 4.98 Å². The van der Waals surface area contributed by atoms with Gasteiger partial charge < -0.3 is 0 Å². The van der Waals surface area contributed by atoms with E-state index in [4.69, 9.17) is 0 Å². The summed E-state index contributed by atoms with van der Waals surface area (Å²) in [5.41, 5.74) is -6.50. The van der Waals surface area contributed by atoms with Crippen LogP contribution in [0, 0.1) is 0 Å². The second kappa shape index (κ2) is 6.50. The number of nitrogens with zero attached hydrogens (tertiary/aromatic N) is 5. The lowest BCUT2D eigenvalue weighted by molar-refractivity contribution is -0.287. The molecule has 0 saturated heterocycles. The molecule has 0 radical (unpaired) electrons. The third-order valence-electron chi connectivity index (χ3n) is 4.72. The number of carbonyl (C=O) groups is 1. The van der Waals surface area contributed by atoms with E-state index in [1.807, 2.05) is 0 Å². The Hall–Kier alpha value is -3.00. The summed E-state index contributed by atoms with van der Waals surface area (Å²) in [6, 6.07) is 0. The molecule has 7 nitrogen and oxygen atoms in total. The molecule has 3 heterocycles. The van der Waals surface area contributed by atoms with Gasteiger partial charge in [0.15, 0.2) is 5.69 Å². The number of amides is 1. The molecule has 0 saturated carbocycles. The molecule has 2 aromatic heterocycles. The van der Waals surface area contributed by atoms with E-state index in [0.29, 0.717) is 17.0 Å². The summed E-state index contributed by atoms with van der Waals surface area (Å²) in [6.07, 6.45) is -10.1. The molecule has 1 amide bonds. The van der Waals surface area contributed by atoms with Crippen molar-refractivity contribution >= 4 is 11.9 Å². The first-order chi connectivity index (χ1) is 13.9. The Bertz CT molecular complexity index is 1110. The summed E-state index contributed by atoms with van der Waals surface area (Å²) in [7, 11) is 1.12. The number of halogens is 8. The minimum Gasteiger partial charge on any atom is -0.283 e. The van der Waals surface area contributed by atoms with E-state index in [2.05, 4.69) is 10.1 Å². The van der Waals surface area contributed by atoms with Gasteiger partial charge in [-0.3, -0.25) is 23.7 Å². The predicted molar refractivity (Wildman–Crippen MR) is 88.5 cm³/mol. The molecule has 0 aromatic carbocycles. The first-order valence-electron chi connectivity index (χ1n) is 8.40. The number of rotatable bonds is 3. The monoisotopic (exact) mass is 459 g/mol. The standard InChI is InChI=1S/C16H13F8N5O2/c1-13(2)11(31)27(3)12-26-9(15(19,20)21)8(10(30)29(12)13)7-4-25-28(5-7)6-14(17,18)16(22,23)24/h4-5H,6H2,1-3H3. The topological polar surface area (TPSA) is 73.0 Å². The number of likely N-dealkylation sites (N-methyl/N-ethyl adjacent to an activating group) is 1. The number of hydrogen-bond donors (Lipinski definition) is 0. The average molecular weight is 459 g/mol. The molecule has 0 bridgehead atoms. The fourth-order valence-corrected chi connectivity index (χ4v) is 3.17. The molecule has 1 aliphatic rings. The molecule has 2 aromatic rings. The second-order valence-electron chi connectivity index (χ2n) is 7.33. The number of alkyl halides is 8. The van der Waals surface area contributed by atoms with Crippen molar-refractivity contribution in [1.82, 2.24) is 19.3 Å². The van der Waals surface area contributed by atoms with Gasteiger partial charge in [-0.1, -0.05) is 0 Å². The molecule has 3 rings (SSSR count). The largest absolute Gasteiger partial charge is 0.455 e. The Balaban J connectivity index is 2.22. The fraction of sp³-hybridized carbons (Fsp3) is 0.500. The van der Waals surface area contributed by atoms with E-state index in [0.717, 1.165) is 11.9 Å². The van der Waals surface area contributed by atoms with Gasteiger partial charge >= 0.3 is 18.3 Å². The van der Waals surface area contributed by atoms with Crippen molar-refractivity contribution in [3.8, 4) is 11.1 Å². The lowest BCUT2D eigenvalue weighted by atomic mass is 10.0. The highest BCUT2D eigenvalue weighted by Gasteiger charge is 2.58. The quantitative estimate of drug-likeness (QED) is 0.662. The van der Waals surface area contributed by atoms with Gasteiger partial charge in [-0.15, -0.1) is 0 Å². The van der Waals surface area contributed by atoms with E-state index < -0.39 is 64.6 Å². The number of carbonyl (C=O) groups excluding carboxylic acids is 1. The molecule has 170 valence electrons. The van der Waals surface area contributed by atoms with Crippen LogP contribution >= 0.6 is 0 Å². The SMILES string of the molecule is CN1C(=O)C(C)(C)n2c1nc(C(F)(F)F)c(-c1cnn(CC(F)(F)C(F)(F)F)c1)c2=O. The maximum atomic E-state index is 13.6. The van der Waals surface area contributed by atoms with Crippen molar-refractivity contribution in [2.45, 2.75) is 44.2 Å². The van der Waals surface area contributed by atoms with Gasteiger partial charge in [0, 0.05) is 18.8 Å². The van der Waals surface area contributed by atoms with Crippen LogP contribution in [0.2, 0.25) is 0 Å². The highest BCUT2D eigenvalue weighted by Crippen LogP contribution is 2.40. The summed E-state index contributed by atoms with van der Waals surface area (Å²) in [5.74, 6) is -6.54. The lowest BCUT2D eigenvalue weighted by Gasteiger charge is -2.20. The minimum atomic E-state index is -5.92. The third-order valence-corrected chi connectivity index (χ3v) is 4.72. The first-order valence-corrected chi connectivity index (χ1v) is 8.40. The van der Waals surface area contributed by atoms with Gasteiger partial charge in [0.1, 0.15) is 12.1 Å². The van der Waals surface area contributed by atoms with Crippen LogP contribution in [0.5, 0.6) is 0 Å². The zero-order valence-electron chi connectivity index (χ0n) is 15.9. The van der Waals surface area contributed by atoms with Crippen LogP contribution in [0.25, 0.3) is 11.1 Å². The zero-order chi connectivity index (χ0) is 23.7. The van der Waals surface area contributed by atoms with Crippen molar-refractivity contribution in [1.29, 1.82) is 0 Å². The Morgan fingerprint density at radius 3 is 2.13 bits per heavy atom. The van der Waals surface area contributed by atoms with Crippen molar-refractivity contribution in [3.05, 3.63) is 28.4 Å². The van der Waals surface area contributed by atoms with Crippen molar-refractivity contribution < 1.29 is 39.9 Å². The van der Waals surface area contributed by atoms with Crippen molar-refractivity contribution in [2.75, 3.05) is 11.9 Å². The third kappa shape index (κ3) is 3.44. The highest BCUT2D eigenvalue weighted by atomic mass is 19.4. The molecule has 31 heavy (non-hydrogen) atoms. The van der Waals surface area contributed by atoms with Crippen LogP contribution < -0.4 is 10.5 Å². The van der Waals surface area contributed by atoms with Crippen molar-refractivity contribution in [2.24, 2.45) is 0 Å². The van der Waals surface area contributed by atoms with Gasteiger partial charge in [-0.05, 0) is 13.8 Å². The molecule has 0 spiro atoms. The van der Waals surface area contributed by atoms with E-state index >= 15 is 0 Å². The van der Waals surface area contributed by atoms with Gasteiger partial charge in [0.2, 0.25) is 5.95 Å². The maximum Gasteiger partial charge on any atom is 0.455 e. The zero-order valence-corrected chi connectivity index (χ0v) is 15.9. The minimum absolute atomic E-state index is 0.0722. The summed E-state index contributed by atoms with van der Waals surface area (Å²) in [6.45, 7) is 0.510. The van der Waals surface area contributed by atoms with Crippen LogP contribution in [-0.2, 0) is 23.1 Å². The Morgan fingerprint density at radius 2 is 1.61 bits per heavy atom. The number of aromatic nitrogens is 4. The number of fused-ring (bicyclic) bond motifs is 1. The van der Waals surface area contributed by atoms with Gasteiger partial charge in [-0.2, -0.15) is 40.2 Å². The van der Waals surface area contributed by atoms with E-state index in [9.17, 15) is 44.7 Å². The Morgan fingerprint density at radius 1 is 1.03 bits per heavy atom. The molecule has 0 unspecified atom stereocenters. The van der Waals surface area contributed by atoms with E-state index in [1.165, 1.54) is 13.8 Å². The van der Waals surface area contributed by atoms with Gasteiger partial charge in [0.25, 0.3) is 11.5 Å². The Kier molecular flexibility index (Phi) is 4.75. The van der Waals surface area contributed by atoms with Crippen LogP contribution in [0.15, 0.2) is 17.2 Å². The summed E-state index contributed by atoms with van der Waals surface area (Å²) in [5, 5.41) is 3.23. The Labute approximate surface area is 167 Å². The number of hydrogen-bond acceptors (Lipinski definition) is 4. The van der Waals surface area contributed by atoms with E-state index in [1.54, 1.807) is 0 Å². The first kappa shape index (κ1) is 22.7. The highest BCUT2D eigenvalue weighted by molar-refractivity contribution is 6.00. The molecule has 0 aliphatic carbocycles. The normalized spacial score (nSPS) is 16.7. The number of anilines is 1. The smallest absolute Gasteiger partial charge is 0.283 e. The molecular formula is C16H13F8N5O2. The van der Waals surface area contributed by atoms with Crippen LogP contribution in [0.1, 0.15) is 19.5 Å². The van der Waals surface area contributed by atoms with E-state index in [-0.39, 0.29) is 4.68 Å². The fourth-order valence-electron chi connectivity index (χ4n) is 3.17. The van der Waals surface area contributed by atoms with Crippen LogP contribution in [0.4, 0.5) is 41.1 Å². The maximum absolute atomic E-state index is 13.6. The predicted octanol–water partition coefficient (Wildman–Crippen LogP) is 3.03. The second-order valence-corrected chi connectivity index (χ2v) is 7.33. The molecule has 1 aliphatic heterocycles. The lowest BCUT2D eigenvalue weighted by Crippen LogP contribution is -2.40. The summed E-state index contributed by atoms with van der Waals surface area (Å²) < 4.78 is 105. The average Bonchev–Trinajstić information content (AvgIpc) is 3.10. The van der Waals surface area contributed by atoms with Crippen LogP contribution in [0.3, 0.4) is 0 Å². The summed E-state index contributed by atoms with van der Waals surface area (Å²) in [4.78, 5) is 29.5. The summed E-state index contributed by atoms with van der Waals surface area (Å²) >= 11 is 0. The molecule has 15 heteroatoms. The van der Waals surface area contributed by atoms with Crippen molar-refractivity contribution in [3.63, 3.8) is 0 Å². The van der Waals surface area contributed by atoms with Crippen LogP contribution in [-0.4, -0.2) is 44.4 Å². The van der Waals surface area contributed by atoms with Gasteiger partial charge in [0.05, 0.1) is 11.8 Å². The molecular weight excluding hydrogens is 446 g/mol. The molecule has 0 atom stereocenters. The molecule has 0 N–H and O–H groups in total.